The molecule has 0 fully saturated rings. The van der Waals surface area contributed by atoms with Gasteiger partial charge in [0.1, 0.15) is 19.2 Å². The number of benzene rings is 2. The second-order valence-electron chi connectivity index (χ2n) is 5.89. The first-order valence-corrected chi connectivity index (χ1v) is 9.62. The molecule has 0 saturated carbocycles. The Morgan fingerprint density at radius 3 is 2.32 bits per heavy atom. The predicted octanol–water partition coefficient (Wildman–Crippen LogP) is 2.42. The first kappa shape index (κ1) is 21.7. The number of carbonyl (C=O) groups excluding carboxylic acids is 3. The molecule has 0 radical (unpaired) electrons. The van der Waals surface area contributed by atoms with Gasteiger partial charge < -0.3 is 20.1 Å². The number of carbonyl (C=O) groups is 3. The van der Waals surface area contributed by atoms with Gasteiger partial charge in [-0.25, -0.2) is 9.59 Å². The normalized spacial score (nSPS) is 11.2. The molecule has 0 aliphatic rings. The summed E-state index contributed by atoms with van der Waals surface area (Å²) < 4.78 is 10.9. The molecule has 0 aliphatic heterocycles. The van der Waals surface area contributed by atoms with Gasteiger partial charge in [-0.15, -0.1) is 0 Å². The fourth-order valence-corrected chi connectivity index (χ4v) is 2.72. The van der Waals surface area contributed by atoms with Crippen molar-refractivity contribution in [2.45, 2.75) is 19.1 Å². The van der Waals surface area contributed by atoms with Crippen molar-refractivity contribution in [1.29, 1.82) is 0 Å². The van der Waals surface area contributed by atoms with Crippen LogP contribution < -0.4 is 10.6 Å². The van der Waals surface area contributed by atoms with Gasteiger partial charge in [-0.05, 0) is 45.9 Å². The van der Waals surface area contributed by atoms with Crippen LogP contribution in [-0.4, -0.2) is 37.7 Å². The van der Waals surface area contributed by atoms with Crippen molar-refractivity contribution < 1.29 is 23.9 Å². The summed E-state index contributed by atoms with van der Waals surface area (Å²) in [6.07, 6.45) is -0.431. The molecule has 0 aromatic heterocycles. The number of esters is 1. The molecule has 2 rings (SSSR count). The summed E-state index contributed by atoms with van der Waals surface area (Å²) in [5.74, 6) is -1.07. The van der Waals surface area contributed by atoms with Crippen LogP contribution in [0, 0.1) is 3.57 Å². The molecule has 2 N–H and O–H groups in total. The fraction of sp³-hybridized carbons (Fsp3) is 0.250. The van der Waals surface area contributed by atoms with Crippen LogP contribution in [-0.2, 0) is 32.1 Å². The van der Waals surface area contributed by atoms with E-state index in [9.17, 15) is 14.4 Å². The van der Waals surface area contributed by atoms with Gasteiger partial charge in [0.25, 0.3) is 0 Å². The van der Waals surface area contributed by atoms with Gasteiger partial charge in [0.05, 0.1) is 7.11 Å². The van der Waals surface area contributed by atoms with Crippen molar-refractivity contribution in [2.24, 2.45) is 0 Å². The third-order valence-electron chi connectivity index (χ3n) is 3.78. The monoisotopic (exact) mass is 496 g/mol. The van der Waals surface area contributed by atoms with Gasteiger partial charge >= 0.3 is 12.1 Å². The first-order chi connectivity index (χ1) is 13.5. The number of alkyl carbamates (subject to hydrolysis) is 1. The molecule has 2 aromatic rings. The van der Waals surface area contributed by atoms with Crippen LogP contribution in [0.1, 0.15) is 11.1 Å². The van der Waals surface area contributed by atoms with Gasteiger partial charge in [-0.2, -0.15) is 0 Å². The van der Waals surface area contributed by atoms with E-state index in [1.807, 2.05) is 54.6 Å². The third kappa shape index (κ3) is 7.55. The van der Waals surface area contributed by atoms with Gasteiger partial charge in [-0.1, -0.05) is 42.5 Å². The quantitative estimate of drug-likeness (QED) is 0.433. The average molecular weight is 496 g/mol. The zero-order valence-electron chi connectivity index (χ0n) is 15.3. The van der Waals surface area contributed by atoms with Crippen molar-refractivity contribution in [3.63, 3.8) is 0 Å². The minimum atomic E-state index is -0.847. The molecule has 0 heterocycles. The highest BCUT2D eigenvalue weighted by atomic mass is 127. The van der Waals surface area contributed by atoms with Crippen molar-refractivity contribution in [3.05, 3.63) is 69.3 Å². The smallest absolute Gasteiger partial charge is 0.407 e. The summed E-state index contributed by atoms with van der Waals surface area (Å²) in [4.78, 5) is 35.8. The van der Waals surface area contributed by atoms with E-state index < -0.39 is 24.0 Å². The molecule has 2 aromatic carbocycles. The van der Waals surface area contributed by atoms with E-state index in [-0.39, 0.29) is 19.6 Å². The van der Waals surface area contributed by atoms with Crippen LogP contribution in [0.4, 0.5) is 4.79 Å². The number of halogens is 1. The number of methoxy groups -OCH3 is 1. The number of amides is 2. The van der Waals surface area contributed by atoms with Crippen LogP contribution in [0.15, 0.2) is 54.6 Å². The third-order valence-corrected chi connectivity index (χ3v) is 4.50. The Labute approximate surface area is 176 Å². The lowest BCUT2D eigenvalue weighted by Gasteiger charge is -2.17. The molecule has 0 bridgehead atoms. The zero-order valence-corrected chi connectivity index (χ0v) is 17.5. The molecule has 148 valence electrons. The predicted molar refractivity (Wildman–Crippen MR) is 111 cm³/mol. The van der Waals surface area contributed by atoms with Crippen LogP contribution in [0.25, 0.3) is 0 Å². The maximum Gasteiger partial charge on any atom is 0.407 e. The maximum absolute atomic E-state index is 12.1. The Balaban J connectivity index is 1.81. The minimum Gasteiger partial charge on any atom is -0.467 e. The molecule has 28 heavy (non-hydrogen) atoms. The van der Waals surface area contributed by atoms with Crippen LogP contribution in [0.5, 0.6) is 0 Å². The van der Waals surface area contributed by atoms with Gasteiger partial charge in [0.2, 0.25) is 5.91 Å². The van der Waals surface area contributed by atoms with E-state index in [1.165, 1.54) is 7.11 Å². The highest BCUT2D eigenvalue weighted by Crippen LogP contribution is 2.09. The summed E-state index contributed by atoms with van der Waals surface area (Å²) in [6, 6.07) is 15.9. The highest BCUT2D eigenvalue weighted by molar-refractivity contribution is 14.1. The standard InChI is InChI=1S/C20H21IN2O5/c1-27-19(25)17(11-14-7-9-16(21)10-8-14)23-18(24)12-22-20(26)28-13-15-5-3-2-4-6-15/h2-10,17H,11-13H2,1H3,(H,22,26)(H,23,24)/t17-/m1/s1. The molecule has 0 aliphatic carbocycles. The molecule has 0 saturated heterocycles. The molecule has 1 atom stereocenters. The van der Waals surface area contributed by atoms with E-state index in [0.717, 1.165) is 14.7 Å². The topological polar surface area (TPSA) is 93.7 Å². The van der Waals surface area contributed by atoms with E-state index in [0.29, 0.717) is 0 Å². The zero-order chi connectivity index (χ0) is 20.4. The second-order valence-corrected chi connectivity index (χ2v) is 7.13. The summed E-state index contributed by atoms with van der Waals surface area (Å²) in [6.45, 7) is -0.209. The van der Waals surface area contributed by atoms with E-state index in [2.05, 4.69) is 33.2 Å². The number of rotatable bonds is 8. The van der Waals surface area contributed by atoms with Crippen molar-refractivity contribution in [2.75, 3.05) is 13.7 Å². The van der Waals surface area contributed by atoms with E-state index >= 15 is 0 Å². The van der Waals surface area contributed by atoms with Crippen molar-refractivity contribution >= 4 is 40.6 Å². The number of nitrogens with one attached hydrogen (secondary N) is 2. The summed E-state index contributed by atoms with van der Waals surface area (Å²) >= 11 is 2.18. The largest absolute Gasteiger partial charge is 0.467 e. The Hall–Kier alpha value is -2.62. The lowest BCUT2D eigenvalue weighted by molar-refractivity contribution is -0.144. The molecule has 2 amide bonds. The molecular weight excluding hydrogens is 475 g/mol. The highest BCUT2D eigenvalue weighted by Gasteiger charge is 2.22. The number of hydrogen-bond acceptors (Lipinski definition) is 5. The van der Waals surface area contributed by atoms with Gasteiger partial charge in [-0.3, -0.25) is 4.79 Å². The number of ether oxygens (including phenoxy) is 2. The Morgan fingerprint density at radius 2 is 1.68 bits per heavy atom. The fourth-order valence-electron chi connectivity index (χ4n) is 2.36. The lowest BCUT2D eigenvalue weighted by Crippen LogP contribution is -2.47. The molecule has 0 spiro atoms. The molecule has 8 heteroatoms. The Morgan fingerprint density at radius 1 is 1.00 bits per heavy atom. The number of hydrogen-bond donors (Lipinski definition) is 2. The van der Waals surface area contributed by atoms with Crippen molar-refractivity contribution in [1.82, 2.24) is 10.6 Å². The molecular formula is C20H21IN2O5. The van der Waals surface area contributed by atoms with Crippen LogP contribution >= 0.6 is 22.6 Å². The van der Waals surface area contributed by atoms with Crippen LogP contribution in [0.2, 0.25) is 0 Å². The second kappa shape index (κ2) is 11.3. The van der Waals surface area contributed by atoms with Crippen molar-refractivity contribution in [3.8, 4) is 0 Å². The van der Waals surface area contributed by atoms with Gasteiger partial charge in [0, 0.05) is 9.99 Å². The maximum atomic E-state index is 12.1. The minimum absolute atomic E-state index is 0.103. The summed E-state index contributed by atoms with van der Waals surface area (Å²) in [5, 5.41) is 4.93. The Kier molecular flexibility index (Phi) is 8.73. The lowest BCUT2D eigenvalue weighted by atomic mass is 10.1. The van der Waals surface area contributed by atoms with Gasteiger partial charge in [0.15, 0.2) is 0 Å². The first-order valence-electron chi connectivity index (χ1n) is 8.54. The van der Waals surface area contributed by atoms with Crippen LogP contribution in [0.3, 0.4) is 0 Å². The molecule has 0 unspecified atom stereocenters. The SMILES string of the molecule is COC(=O)[C@@H](Cc1ccc(I)cc1)NC(=O)CNC(=O)OCc1ccccc1. The summed E-state index contributed by atoms with van der Waals surface area (Å²) in [7, 11) is 1.26. The Bertz CT molecular complexity index is 796. The summed E-state index contributed by atoms with van der Waals surface area (Å²) in [5.41, 5.74) is 1.72. The van der Waals surface area contributed by atoms with E-state index in [4.69, 9.17) is 9.47 Å². The van der Waals surface area contributed by atoms with E-state index in [1.54, 1.807) is 0 Å². The average Bonchev–Trinajstić information content (AvgIpc) is 2.72. The molecule has 7 nitrogen and oxygen atoms in total.